The van der Waals surface area contributed by atoms with E-state index in [1.54, 1.807) is 18.3 Å². The highest BCUT2D eigenvalue weighted by molar-refractivity contribution is 7.09. The number of rotatable bonds is 9. The quantitative estimate of drug-likeness (QED) is 0.238. The van der Waals surface area contributed by atoms with Crippen LogP contribution in [-0.4, -0.2) is 38.0 Å². The van der Waals surface area contributed by atoms with E-state index >= 15 is 0 Å². The molecule has 0 radical (unpaired) electrons. The van der Waals surface area contributed by atoms with Gasteiger partial charge in [-0.3, -0.25) is 14.4 Å². The smallest absolute Gasteiger partial charge is 0.270 e. The summed E-state index contributed by atoms with van der Waals surface area (Å²) in [5.41, 5.74) is 14.4. The second-order valence-electron chi connectivity index (χ2n) is 10.0. The summed E-state index contributed by atoms with van der Waals surface area (Å²) in [6, 6.07) is 10.5. The standard InChI is InChI=1S/C29H31FN6O3S/c1-2-17-6-5-9-20-21(14-33-23(17)20)25(28(38)34-19-7-3-4-8-19)36(15-16-10-12-18(30)13-11-16)29(39)26-22(31)24(27(32)37)35-40-26/h5-6,9-14,19,25,33H,2-4,7-8,15,31H2,1H3,(H2,32,37)(H,34,38)/t25-/m0/s1. The van der Waals surface area contributed by atoms with Gasteiger partial charge in [-0.25, -0.2) is 4.39 Å². The van der Waals surface area contributed by atoms with Crippen molar-refractivity contribution >= 4 is 45.8 Å². The first kappa shape index (κ1) is 27.3. The van der Waals surface area contributed by atoms with Crippen LogP contribution in [0.15, 0.2) is 48.7 Å². The molecule has 1 saturated carbocycles. The van der Waals surface area contributed by atoms with Gasteiger partial charge >= 0.3 is 0 Å². The van der Waals surface area contributed by atoms with Crippen molar-refractivity contribution in [1.82, 2.24) is 19.6 Å². The first-order valence-corrected chi connectivity index (χ1v) is 14.0. The molecular formula is C29H31FN6O3S. The van der Waals surface area contributed by atoms with Crippen LogP contribution in [0.5, 0.6) is 0 Å². The second-order valence-corrected chi connectivity index (χ2v) is 10.8. The third-order valence-electron chi connectivity index (χ3n) is 7.45. The SMILES string of the molecule is CCc1cccc2c([C@@H](C(=O)NC3CCCC3)N(Cc3ccc(F)cc3)C(=O)c3snc(C(N)=O)c3N)c[nH]c12. The Morgan fingerprint density at radius 3 is 2.55 bits per heavy atom. The van der Waals surface area contributed by atoms with Crippen LogP contribution in [0.1, 0.15) is 75.5 Å². The summed E-state index contributed by atoms with van der Waals surface area (Å²) in [6.45, 7) is 2.03. The zero-order valence-electron chi connectivity index (χ0n) is 22.1. The van der Waals surface area contributed by atoms with E-state index in [9.17, 15) is 18.8 Å². The number of hydrogen-bond donors (Lipinski definition) is 4. The maximum Gasteiger partial charge on any atom is 0.270 e. The van der Waals surface area contributed by atoms with Crippen LogP contribution >= 0.6 is 11.5 Å². The summed E-state index contributed by atoms with van der Waals surface area (Å²) >= 11 is 0.756. The number of nitrogens with two attached hydrogens (primary N) is 2. The van der Waals surface area contributed by atoms with Gasteiger partial charge in [0.05, 0.1) is 5.69 Å². The molecule has 1 atom stereocenters. The molecule has 0 spiro atoms. The fraction of sp³-hybridized carbons (Fsp3) is 0.310. The predicted octanol–water partition coefficient (Wildman–Crippen LogP) is 4.45. The largest absolute Gasteiger partial charge is 0.395 e. The first-order chi connectivity index (χ1) is 19.3. The number of carbonyl (C=O) groups is 3. The molecule has 3 amide bonds. The highest BCUT2D eigenvalue weighted by Crippen LogP contribution is 2.35. The van der Waals surface area contributed by atoms with Gasteiger partial charge in [-0.15, -0.1) is 0 Å². The summed E-state index contributed by atoms with van der Waals surface area (Å²) in [5.74, 6) is -2.18. The fourth-order valence-electron chi connectivity index (χ4n) is 5.39. The number of primary amides is 1. The van der Waals surface area contributed by atoms with Crippen molar-refractivity contribution in [2.24, 2.45) is 5.73 Å². The minimum absolute atomic E-state index is 0.00339. The van der Waals surface area contributed by atoms with E-state index in [-0.39, 0.29) is 34.8 Å². The molecule has 5 rings (SSSR count). The van der Waals surface area contributed by atoms with E-state index in [1.807, 2.05) is 25.1 Å². The third kappa shape index (κ3) is 5.29. The Morgan fingerprint density at radius 1 is 1.18 bits per heavy atom. The molecule has 1 aliphatic rings. The summed E-state index contributed by atoms with van der Waals surface area (Å²) < 4.78 is 17.7. The van der Waals surface area contributed by atoms with E-state index in [2.05, 4.69) is 14.7 Å². The lowest BCUT2D eigenvalue weighted by molar-refractivity contribution is -0.126. The summed E-state index contributed by atoms with van der Waals surface area (Å²) in [6.07, 6.45) is 6.31. The molecule has 2 heterocycles. The Morgan fingerprint density at radius 2 is 1.90 bits per heavy atom. The van der Waals surface area contributed by atoms with Crippen LogP contribution in [0.2, 0.25) is 0 Å². The van der Waals surface area contributed by atoms with Gasteiger partial charge in [0.25, 0.3) is 11.8 Å². The maximum atomic E-state index is 14.2. The van der Waals surface area contributed by atoms with Gasteiger partial charge in [-0.05, 0) is 54.1 Å². The van der Waals surface area contributed by atoms with Gasteiger partial charge in [0.1, 0.15) is 16.7 Å². The summed E-state index contributed by atoms with van der Waals surface area (Å²) in [5, 5.41) is 3.97. The van der Waals surface area contributed by atoms with E-state index in [0.717, 1.165) is 60.1 Å². The van der Waals surface area contributed by atoms with Crippen LogP contribution in [0.3, 0.4) is 0 Å². The average molecular weight is 563 g/mol. The Labute approximate surface area is 234 Å². The summed E-state index contributed by atoms with van der Waals surface area (Å²) in [7, 11) is 0. The first-order valence-electron chi connectivity index (χ1n) is 13.3. The van der Waals surface area contributed by atoms with Crippen LogP contribution in [0, 0.1) is 5.82 Å². The highest BCUT2D eigenvalue weighted by atomic mass is 32.1. The van der Waals surface area contributed by atoms with Gasteiger partial charge in [0.2, 0.25) is 5.91 Å². The molecule has 9 nitrogen and oxygen atoms in total. The maximum absolute atomic E-state index is 14.2. The van der Waals surface area contributed by atoms with Crippen LogP contribution < -0.4 is 16.8 Å². The predicted molar refractivity (Wildman–Crippen MR) is 152 cm³/mol. The molecule has 2 aromatic heterocycles. The molecule has 0 bridgehead atoms. The molecule has 0 aliphatic heterocycles. The number of hydrogen-bond acceptors (Lipinski definition) is 6. The van der Waals surface area contributed by atoms with Crippen LogP contribution in [0.4, 0.5) is 10.1 Å². The lowest BCUT2D eigenvalue weighted by Crippen LogP contribution is -2.45. The molecule has 6 N–H and O–H groups in total. The summed E-state index contributed by atoms with van der Waals surface area (Å²) in [4.78, 5) is 44.9. The van der Waals surface area contributed by atoms with E-state index in [1.165, 1.54) is 17.0 Å². The molecule has 4 aromatic rings. The van der Waals surface area contributed by atoms with Gasteiger partial charge in [0, 0.05) is 35.2 Å². The molecular weight excluding hydrogens is 531 g/mol. The Bertz CT molecular complexity index is 1560. The van der Waals surface area contributed by atoms with Gasteiger partial charge in [-0.2, -0.15) is 4.37 Å². The zero-order chi connectivity index (χ0) is 28.4. The number of benzene rings is 2. The normalized spacial score (nSPS) is 14.3. The van der Waals surface area contributed by atoms with Crippen molar-refractivity contribution in [3.8, 4) is 0 Å². The van der Waals surface area contributed by atoms with Crippen molar-refractivity contribution in [3.63, 3.8) is 0 Å². The van der Waals surface area contributed by atoms with E-state index < -0.39 is 23.7 Å². The van der Waals surface area contributed by atoms with Crippen LogP contribution in [-0.2, 0) is 17.8 Å². The van der Waals surface area contributed by atoms with Crippen molar-refractivity contribution in [1.29, 1.82) is 0 Å². The van der Waals surface area contributed by atoms with Gasteiger partial charge in [0.15, 0.2) is 5.69 Å². The Kier molecular flexibility index (Phi) is 7.83. The minimum atomic E-state index is -1.06. The fourth-order valence-corrected chi connectivity index (χ4v) is 6.15. The number of aryl methyl sites for hydroxylation is 1. The zero-order valence-corrected chi connectivity index (χ0v) is 22.9. The van der Waals surface area contributed by atoms with Crippen molar-refractivity contribution < 1.29 is 18.8 Å². The van der Waals surface area contributed by atoms with E-state index in [0.29, 0.717) is 11.1 Å². The number of nitrogen functional groups attached to an aromatic ring is 1. The van der Waals surface area contributed by atoms with Gasteiger partial charge < -0.3 is 26.7 Å². The molecule has 0 saturated heterocycles. The molecule has 1 fully saturated rings. The second kappa shape index (κ2) is 11.5. The number of nitrogens with zero attached hydrogens (tertiary/aromatic N) is 2. The lowest BCUT2D eigenvalue weighted by atomic mass is 9.99. The lowest BCUT2D eigenvalue weighted by Gasteiger charge is -2.32. The van der Waals surface area contributed by atoms with Crippen molar-refractivity contribution in [3.05, 3.63) is 81.7 Å². The number of halogens is 1. The number of nitrogens with one attached hydrogen (secondary N) is 2. The number of anilines is 1. The molecule has 2 aromatic carbocycles. The Balaban J connectivity index is 1.66. The number of fused-ring (bicyclic) bond motifs is 1. The van der Waals surface area contributed by atoms with Gasteiger partial charge in [-0.1, -0.05) is 50.1 Å². The van der Waals surface area contributed by atoms with Crippen molar-refractivity contribution in [2.45, 2.75) is 57.7 Å². The number of para-hydroxylation sites is 1. The number of aromatic nitrogens is 2. The van der Waals surface area contributed by atoms with Crippen molar-refractivity contribution in [2.75, 3.05) is 5.73 Å². The number of aromatic amines is 1. The number of carbonyl (C=O) groups excluding carboxylic acids is 3. The molecule has 40 heavy (non-hydrogen) atoms. The number of H-pyrrole nitrogens is 1. The molecule has 0 unspecified atom stereocenters. The monoisotopic (exact) mass is 562 g/mol. The van der Waals surface area contributed by atoms with E-state index in [4.69, 9.17) is 11.5 Å². The molecule has 11 heteroatoms. The minimum Gasteiger partial charge on any atom is -0.395 e. The number of amides is 3. The average Bonchev–Trinajstić information content (AvgIpc) is 3.69. The molecule has 208 valence electrons. The topological polar surface area (TPSA) is 147 Å². The molecule has 1 aliphatic carbocycles. The van der Waals surface area contributed by atoms with Crippen LogP contribution in [0.25, 0.3) is 10.9 Å². The Hall–Kier alpha value is -4.25. The third-order valence-corrected chi connectivity index (χ3v) is 8.30. The highest BCUT2D eigenvalue weighted by Gasteiger charge is 2.37.